The van der Waals surface area contributed by atoms with Crippen LogP contribution in [0.3, 0.4) is 0 Å². The van der Waals surface area contributed by atoms with Gasteiger partial charge in [-0.3, -0.25) is 4.79 Å². The van der Waals surface area contributed by atoms with Gasteiger partial charge in [0, 0.05) is 6.42 Å². The molecule has 0 saturated carbocycles. The van der Waals surface area contributed by atoms with E-state index in [2.05, 4.69) is 0 Å². The van der Waals surface area contributed by atoms with Crippen molar-refractivity contribution in [3.63, 3.8) is 0 Å². The van der Waals surface area contributed by atoms with Crippen LogP contribution in [0.15, 0.2) is 0 Å². The second-order valence-electron chi connectivity index (χ2n) is 3.60. The fourth-order valence-electron chi connectivity index (χ4n) is 1.70. The van der Waals surface area contributed by atoms with Gasteiger partial charge in [-0.1, -0.05) is 6.92 Å². The predicted molar refractivity (Wildman–Crippen MR) is 55.3 cm³/mol. The third kappa shape index (κ3) is 2.94. The van der Waals surface area contributed by atoms with Crippen LogP contribution in [0.4, 0.5) is 0 Å². The Bertz CT molecular complexity index is 278. The monoisotopic (exact) mass is 227 g/mol. The minimum atomic E-state index is -0.821. The van der Waals surface area contributed by atoms with E-state index in [-0.39, 0.29) is 13.0 Å². The molecule has 5 nitrogen and oxygen atoms in total. The number of nitrogens with zero attached hydrogens (tertiary/aromatic N) is 1. The predicted octanol–water partition coefficient (Wildman–Crippen LogP) is 1.23. The molecular formula is C11H17NO4. The molecule has 90 valence electrons. The summed E-state index contributed by atoms with van der Waals surface area (Å²) in [6.07, 6.45) is 0.851. The highest BCUT2D eigenvalue weighted by Gasteiger charge is 2.39. The first-order valence-corrected chi connectivity index (χ1v) is 5.51. The third-order valence-electron chi connectivity index (χ3n) is 2.59. The minimum absolute atomic E-state index is 0.235. The molecule has 1 atom stereocenters. The Labute approximate surface area is 95.3 Å². The smallest absolute Gasteiger partial charge is 0.323 e. The lowest BCUT2D eigenvalue weighted by molar-refractivity contribution is -0.177. The maximum Gasteiger partial charge on any atom is 0.323 e. The summed E-state index contributed by atoms with van der Waals surface area (Å²) in [5.41, 5.74) is 0. The first-order chi connectivity index (χ1) is 7.67. The van der Waals surface area contributed by atoms with Gasteiger partial charge in [0.15, 0.2) is 5.79 Å². The number of hydrogen-bond acceptors (Lipinski definition) is 5. The number of ether oxygens (including phenoxy) is 3. The van der Waals surface area contributed by atoms with Crippen LogP contribution in [0.5, 0.6) is 0 Å². The maximum absolute atomic E-state index is 11.5. The van der Waals surface area contributed by atoms with Gasteiger partial charge in [0.2, 0.25) is 0 Å². The molecule has 0 amide bonds. The Morgan fingerprint density at radius 2 is 2.12 bits per heavy atom. The van der Waals surface area contributed by atoms with Crippen molar-refractivity contribution in [1.82, 2.24) is 0 Å². The molecule has 0 spiro atoms. The highest BCUT2D eigenvalue weighted by Crippen LogP contribution is 2.30. The Morgan fingerprint density at radius 1 is 1.50 bits per heavy atom. The number of carbonyl (C=O) groups is 1. The van der Waals surface area contributed by atoms with Crippen molar-refractivity contribution in [2.45, 2.75) is 32.5 Å². The average Bonchev–Trinajstić information content (AvgIpc) is 2.75. The molecule has 1 aliphatic heterocycles. The highest BCUT2D eigenvalue weighted by atomic mass is 16.7. The van der Waals surface area contributed by atoms with Gasteiger partial charge in [-0.15, -0.1) is 0 Å². The SMILES string of the molecule is CCOC(=O)C(C#N)CC1(CC)OCCO1. The molecule has 1 saturated heterocycles. The molecule has 1 aliphatic rings. The van der Waals surface area contributed by atoms with E-state index >= 15 is 0 Å². The summed E-state index contributed by atoms with van der Waals surface area (Å²) in [5, 5.41) is 8.93. The first-order valence-electron chi connectivity index (χ1n) is 5.51. The summed E-state index contributed by atoms with van der Waals surface area (Å²) in [5.74, 6) is -2.11. The molecule has 1 fully saturated rings. The average molecular weight is 227 g/mol. The zero-order valence-corrected chi connectivity index (χ0v) is 9.69. The van der Waals surface area contributed by atoms with E-state index in [9.17, 15) is 4.79 Å². The molecule has 1 rings (SSSR count). The molecule has 0 aromatic carbocycles. The summed E-state index contributed by atoms with van der Waals surface area (Å²) in [7, 11) is 0. The van der Waals surface area contributed by atoms with Crippen LogP contribution in [0.25, 0.3) is 0 Å². The molecule has 0 radical (unpaired) electrons. The molecule has 1 heterocycles. The lowest BCUT2D eigenvalue weighted by Gasteiger charge is -2.27. The van der Waals surface area contributed by atoms with Crippen molar-refractivity contribution < 1.29 is 19.0 Å². The minimum Gasteiger partial charge on any atom is -0.465 e. The third-order valence-corrected chi connectivity index (χ3v) is 2.59. The normalized spacial score (nSPS) is 20.1. The van der Waals surface area contributed by atoms with Crippen LogP contribution in [0, 0.1) is 17.2 Å². The van der Waals surface area contributed by atoms with Gasteiger partial charge < -0.3 is 14.2 Å². The van der Waals surface area contributed by atoms with Crippen molar-refractivity contribution in [3.05, 3.63) is 0 Å². The first kappa shape index (κ1) is 12.9. The summed E-state index contributed by atoms with van der Waals surface area (Å²) in [6, 6.07) is 1.94. The van der Waals surface area contributed by atoms with Crippen molar-refractivity contribution in [2.24, 2.45) is 5.92 Å². The van der Waals surface area contributed by atoms with Gasteiger partial charge in [0.1, 0.15) is 5.92 Å². The van der Waals surface area contributed by atoms with Gasteiger partial charge in [-0.05, 0) is 13.3 Å². The van der Waals surface area contributed by atoms with Gasteiger partial charge in [-0.25, -0.2) is 0 Å². The maximum atomic E-state index is 11.5. The number of carbonyl (C=O) groups excluding carboxylic acids is 1. The van der Waals surface area contributed by atoms with Crippen LogP contribution in [-0.4, -0.2) is 31.6 Å². The second kappa shape index (κ2) is 5.83. The van der Waals surface area contributed by atoms with Gasteiger partial charge in [0.25, 0.3) is 0 Å². The van der Waals surface area contributed by atoms with E-state index in [1.807, 2.05) is 13.0 Å². The van der Waals surface area contributed by atoms with Crippen molar-refractivity contribution >= 4 is 5.97 Å². The van der Waals surface area contributed by atoms with Crippen LogP contribution in [-0.2, 0) is 19.0 Å². The lowest BCUT2D eigenvalue weighted by Crippen LogP contribution is -2.34. The molecule has 0 aromatic heterocycles. The number of hydrogen-bond donors (Lipinski definition) is 0. The summed E-state index contributed by atoms with van der Waals surface area (Å²) >= 11 is 0. The topological polar surface area (TPSA) is 68.6 Å². The van der Waals surface area contributed by atoms with Gasteiger partial charge >= 0.3 is 5.97 Å². The zero-order chi connectivity index (χ0) is 12.0. The Hall–Kier alpha value is -1.12. The molecule has 0 aromatic rings. The standard InChI is InChI=1S/C11H17NO4/c1-3-11(15-5-6-16-11)7-9(8-12)10(13)14-4-2/h9H,3-7H2,1-2H3. The Morgan fingerprint density at radius 3 is 2.56 bits per heavy atom. The van der Waals surface area contributed by atoms with Crippen molar-refractivity contribution in [1.29, 1.82) is 5.26 Å². The van der Waals surface area contributed by atoms with E-state index in [0.29, 0.717) is 19.6 Å². The molecule has 0 bridgehead atoms. The number of rotatable bonds is 5. The van der Waals surface area contributed by atoms with Crippen molar-refractivity contribution in [3.8, 4) is 6.07 Å². The lowest BCUT2D eigenvalue weighted by atomic mass is 9.98. The van der Waals surface area contributed by atoms with Crippen LogP contribution in [0.1, 0.15) is 26.7 Å². The van der Waals surface area contributed by atoms with E-state index in [1.165, 1.54) is 0 Å². The molecular weight excluding hydrogens is 210 g/mol. The van der Waals surface area contributed by atoms with Gasteiger partial charge in [-0.2, -0.15) is 5.26 Å². The molecule has 0 aliphatic carbocycles. The molecule has 1 unspecified atom stereocenters. The molecule has 16 heavy (non-hydrogen) atoms. The van der Waals surface area contributed by atoms with Crippen LogP contribution >= 0.6 is 0 Å². The summed E-state index contributed by atoms with van der Waals surface area (Å²) in [4.78, 5) is 11.5. The molecule has 0 N–H and O–H groups in total. The Balaban J connectivity index is 2.61. The molecule has 5 heteroatoms. The van der Waals surface area contributed by atoms with E-state index < -0.39 is 17.7 Å². The van der Waals surface area contributed by atoms with Crippen molar-refractivity contribution in [2.75, 3.05) is 19.8 Å². The fourth-order valence-corrected chi connectivity index (χ4v) is 1.70. The van der Waals surface area contributed by atoms with Crippen LogP contribution < -0.4 is 0 Å². The Kier molecular flexibility index (Phi) is 4.71. The zero-order valence-electron chi connectivity index (χ0n) is 9.69. The summed E-state index contributed by atoms with van der Waals surface area (Å²) in [6.45, 7) is 4.91. The fraction of sp³-hybridized carbons (Fsp3) is 0.818. The largest absolute Gasteiger partial charge is 0.465 e. The summed E-state index contributed by atoms with van der Waals surface area (Å²) < 4.78 is 15.8. The van der Waals surface area contributed by atoms with E-state index in [0.717, 1.165) is 0 Å². The van der Waals surface area contributed by atoms with Crippen LogP contribution in [0.2, 0.25) is 0 Å². The highest BCUT2D eigenvalue weighted by molar-refractivity contribution is 5.75. The second-order valence-corrected chi connectivity index (χ2v) is 3.60. The van der Waals surface area contributed by atoms with Gasteiger partial charge in [0.05, 0.1) is 25.9 Å². The van der Waals surface area contributed by atoms with E-state index in [1.54, 1.807) is 6.92 Å². The number of esters is 1. The quantitative estimate of drug-likeness (QED) is 0.661. The van der Waals surface area contributed by atoms with E-state index in [4.69, 9.17) is 19.5 Å². The number of nitriles is 1.